The van der Waals surface area contributed by atoms with Crippen LogP contribution in [0.3, 0.4) is 0 Å². The highest BCUT2D eigenvalue weighted by atomic mass is 16.6. The fourth-order valence-corrected chi connectivity index (χ4v) is 2.96. The molecule has 1 amide bonds. The first-order valence-electron chi connectivity index (χ1n) is 9.14. The third-order valence-electron chi connectivity index (χ3n) is 4.52. The zero-order valence-electron chi connectivity index (χ0n) is 17.3. The molecule has 0 bridgehead atoms. The van der Waals surface area contributed by atoms with Crippen LogP contribution in [0.2, 0.25) is 0 Å². The normalized spacial score (nSPS) is 11.2. The summed E-state index contributed by atoms with van der Waals surface area (Å²) in [5, 5.41) is 11.4. The van der Waals surface area contributed by atoms with Crippen molar-refractivity contribution in [2.75, 3.05) is 21.3 Å². The summed E-state index contributed by atoms with van der Waals surface area (Å²) in [5.74, 6) is -1.91. The van der Waals surface area contributed by atoms with Gasteiger partial charge in [-0.05, 0) is 23.8 Å². The number of carbonyl (C=O) groups excluding carboxylic acids is 3. The van der Waals surface area contributed by atoms with Crippen LogP contribution in [0.25, 0.3) is 0 Å². The molecular formula is C21H22N2O8. The van der Waals surface area contributed by atoms with E-state index in [0.717, 1.165) is 19.1 Å². The number of hydrogen-bond donors (Lipinski definition) is 0. The molecule has 0 spiro atoms. The SMILES string of the molecule is COC(=O)C[C@@H](C(=O)OC)N(Cc1cccc(OC)c1)C(=O)c1ccccc1[N+](=O)[O-]. The molecule has 2 rings (SSSR count). The number of hydrogen-bond acceptors (Lipinski definition) is 8. The molecule has 0 unspecified atom stereocenters. The van der Waals surface area contributed by atoms with Crippen molar-refractivity contribution in [3.05, 3.63) is 69.8 Å². The van der Waals surface area contributed by atoms with Gasteiger partial charge in [-0.15, -0.1) is 0 Å². The Morgan fingerprint density at radius 1 is 1.03 bits per heavy atom. The lowest BCUT2D eigenvalue weighted by molar-refractivity contribution is -0.385. The van der Waals surface area contributed by atoms with Gasteiger partial charge in [0.1, 0.15) is 17.4 Å². The van der Waals surface area contributed by atoms with Crippen LogP contribution in [-0.4, -0.2) is 55.0 Å². The Morgan fingerprint density at radius 2 is 1.74 bits per heavy atom. The average Bonchev–Trinajstić information content (AvgIpc) is 2.80. The summed E-state index contributed by atoms with van der Waals surface area (Å²) in [6.07, 6.45) is -0.487. The number of carbonyl (C=O) groups is 3. The van der Waals surface area contributed by atoms with Gasteiger partial charge in [0, 0.05) is 12.6 Å². The summed E-state index contributed by atoms with van der Waals surface area (Å²) in [4.78, 5) is 49.6. The molecule has 0 heterocycles. The quantitative estimate of drug-likeness (QED) is 0.337. The largest absolute Gasteiger partial charge is 0.497 e. The number of ether oxygens (including phenoxy) is 3. The van der Waals surface area contributed by atoms with Crippen molar-refractivity contribution < 1.29 is 33.5 Å². The number of nitro benzene ring substituents is 1. The highest BCUT2D eigenvalue weighted by molar-refractivity contribution is 6.00. The molecule has 0 aromatic heterocycles. The van der Waals surface area contributed by atoms with Crippen molar-refractivity contribution in [2.45, 2.75) is 19.0 Å². The predicted octanol–water partition coefficient (Wildman–Crippen LogP) is 2.35. The molecule has 0 aliphatic heterocycles. The third kappa shape index (κ3) is 5.78. The number of benzene rings is 2. The van der Waals surface area contributed by atoms with E-state index < -0.39 is 40.9 Å². The summed E-state index contributed by atoms with van der Waals surface area (Å²) in [7, 11) is 3.74. The van der Waals surface area contributed by atoms with Gasteiger partial charge in [-0.3, -0.25) is 19.7 Å². The molecule has 0 N–H and O–H groups in total. The third-order valence-corrected chi connectivity index (χ3v) is 4.52. The molecule has 0 saturated heterocycles. The van der Waals surface area contributed by atoms with Crippen molar-refractivity contribution in [3.8, 4) is 5.75 Å². The van der Waals surface area contributed by atoms with Gasteiger partial charge < -0.3 is 19.1 Å². The van der Waals surface area contributed by atoms with Gasteiger partial charge in [0.05, 0.1) is 32.7 Å². The van der Waals surface area contributed by atoms with Gasteiger partial charge in [-0.1, -0.05) is 24.3 Å². The molecule has 1 atom stereocenters. The molecule has 0 fully saturated rings. The number of methoxy groups -OCH3 is 3. The Hall–Kier alpha value is -3.95. The minimum atomic E-state index is -1.36. The first-order valence-corrected chi connectivity index (χ1v) is 9.14. The minimum Gasteiger partial charge on any atom is -0.497 e. The molecule has 2 aromatic carbocycles. The van der Waals surface area contributed by atoms with Crippen LogP contribution in [0, 0.1) is 10.1 Å². The molecule has 164 valence electrons. The summed E-state index contributed by atoms with van der Waals surface area (Å²) in [6, 6.07) is 10.7. The van der Waals surface area contributed by atoms with Crippen LogP contribution in [0.1, 0.15) is 22.3 Å². The smallest absolute Gasteiger partial charge is 0.329 e. The second-order valence-corrected chi connectivity index (χ2v) is 6.38. The Bertz CT molecular complexity index is 975. The van der Waals surface area contributed by atoms with E-state index in [1.54, 1.807) is 24.3 Å². The number of amides is 1. The molecule has 2 aromatic rings. The van der Waals surface area contributed by atoms with Crippen LogP contribution < -0.4 is 4.74 Å². The topological polar surface area (TPSA) is 125 Å². The number of nitro groups is 1. The van der Waals surface area contributed by atoms with Crippen molar-refractivity contribution in [3.63, 3.8) is 0 Å². The predicted molar refractivity (Wildman–Crippen MR) is 108 cm³/mol. The molecule has 31 heavy (non-hydrogen) atoms. The number of para-hydroxylation sites is 1. The highest BCUT2D eigenvalue weighted by Crippen LogP contribution is 2.24. The molecule has 0 aliphatic rings. The maximum Gasteiger partial charge on any atom is 0.329 e. The maximum atomic E-state index is 13.4. The van der Waals surface area contributed by atoms with Gasteiger partial charge in [0.15, 0.2) is 0 Å². The monoisotopic (exact) mass is 430 g/mol. The zero-order valence-corrected chi connectivity index (χ0v) is 17.3. The maximum absolute atomic E-state index is 13.4. The average molecular weight is 430 g/mol. The van der Waals surface area contributed by atoms with Crippen LogP contribution in [-0.2, 0) is 25.6 Å². The first kappa shape index (κ1) is 23.3. The molecule has 10 nitrogen and oxygen atoms in total. The summed E-state index contributed by atoms with van der Waals surface area (Å²) in [5.41, 5.74) is -0.0796. The van der Waals surface area contributed by atoms with Gasteiger partial charge in [0.2, 0.25) is 0 Å². The first-order chi connectivity index (χ1) is 14.8. The van der Waals surface area contributed by atoms with Crippen LogP contribution in [0.4, 0.5) is 5.69 Å². The van der Waals surface area contributed by atoms with E-state index in [9.17, 15) is 24.5 Å². The molecule has 0 saturated carbocycles. The standard InChI is InChI=1S/C21H22N2O8/c1-29-15-8-6-7-14(11-15)13-22(18(21(26)31-3)12-19(24)30-2)20(25)16-9-4-5-10-17(16)23(27)28/h4-11,18H,12-13H2,1-3H3/t18-/m0/s1. The minimum absolute atomic E-state index is 0.140. The number of rotatable bonds is 9. The summed E-state index contributed by atoms with van der Waals surface area (Å²) in [6.45, 7) is -0.140. The lowest BCUT2D eigenvalue weighted by Gasteiger charge is -2.29. The lowest BCUT2D eigenvalue weighted by Crippen LogP contribution is -2.46. The highest BCUT2D eigenvalue weighted by Gasteiger charge is 2.36. The van der Waals surface area contributed by atoms with E-state index in [0.29, 0.717) is 11.3 Å². The van der Waals surface area contributed by atoms with Gasteiger partial charge in [0.25, 0.3) is 11.6 Å². The van der Waals surface area contributed by atoms with E-state index in [1.165, 1.54) is 31.4 Å². The molecular weight excluding hydrogens is 408 g/mol. The summed E-state index contributed by atoms with van der Waals surface area (Å²) >= 11 is 0. The molecule has 0 radical (unpaired) electrons. The van der Waals surface area contributed by atoms with Gasteiger partial charge >= 0.3 is 11.9 Å². The van der Waals surface area contributed by atoms with E-state index in [2.05, 4.69) is 4.74 Å². The Morgan fingerprint density at radius 3 is 2.35 bits per heavy atom. The van der Waals surface area contributed by atoms with E-state index in [-0.39, 0.29) is 12.1 Å². The Kier molecular flexibility index (Phi) is 8.07. The number of esters is 2. The Balaban J connectivity index is 2.57. The second kappa shape index (κ2) is 10.7. The lowest BCUT2D eigenvalue weighted by atomic mass is 10.1. The van der Waals surface area contributed by atoms with Gasteiger partial charge in [-0.25, -0.2) is 4.79 Å². The van der Waals surface area contributed by atoms with Crippen molar-refractivity contribution in [2.24, 2.45) is 0 Å². The van der Waals surface area contributed by atoms with E-state index in [1.807, 2.05) is 0 Å². The van der Waals surface area contributed by atoms with E-state index >= 15 is 0 Å². The van der Waals surface area contributed by atoms with Crippen LogP contribution in [0.15, 0.2) is 48.5 Å². The van der Waals surface area contributed by atoms with Crippen molar-refractivity contribution in [1.29, 1.82) is 0 Å². The fraction of sp³-hybridized carbons (Fsp3) is 0.286. The second-order valence-electron chi connectivity index (χ2n) is 6.38. The Labute approximate surface area is 178 Å². The van der Waals surface area contributed by atoms with Crippen molar-refractivity contribution in [1.82, 2.24) is 4.90 Å². The summed E-state index contributed by atoms with van der Waals surface area (Å²) < 4.78 is 14.6. The molecule has 0 aliphatic carbocycles. The fourth-order valence-electron chi connectivity index (χ4n) is 2.96. The number of nitrogens with zero attached hydrogens (tertiary/aromatic N) is 2. The zero-order chi connectivity index (χ0) is 23.0. The van der Waals surface area contributed by atoms with Gasteiger partial charge in [-0.2, -0.15) is 0 Å². The molecule has 10 heteroatoms. The van der Waals surface area contributed by atoms with Crippen LogP contribution in [0.5, 0.6) is 5.75 Å². The van der Waals surface area contributed by atoms with Crippen molar-refractivity contribution >= 4 is 23.5 Å². The van der Waals surface area contributed by atoms with Crippen LogP contribution >= 0.6 is 0 Å². The van der Waals surface area contributed by atoms with E-state index in [4.69, 9.17) is 9.47 Å².